The predicted molar refractivity (Wildman–Crippen MR) is 111 cm³/mol. The molecule has 0 saturated heterocycles. The maximum atomic E-state index is 12.7. The minimum absolute atomic E-state index is 0.219. The van der Waals surface area contributed by atoms with E-state index in [4.69, 9.17) is 15.2 Å². The lowest BCUT2D eigenvalue weighted by molar-refractivity contribution is 0.0955. The Morgan fingerprint density at radius 2 is 2.00 bits per heavy atom. The van der Waals surface area contributed by atoms with Crippen molar-refractivity contribution < 1.29 is 14.3 Å². The molecule has 7 nitrogen and oxygen atoms in total. The highest BCUT2D eigenvalue weighted by Gasteiger charge is 2.19. The maximum absolute atomic E-state index is 12.7. The summed E-state index contributed by atoms with van der Waals surface area (Å²) >= 11 is 1.28. The van der Waals surface area contributed by atoms with Gasteiger partial charge < -0.3 is 20.5 Å². The predicted octanol–water partition coefficient (Wildman–Crippen LogP) is 3.60. The van der Waals surface area contributed by atoms with E-state index < -0.39 is 0 Å². The quantitative estimate of drug-likeness (QED) is 0.539. The number of fused-ring (bicyclic) bond motifs is 2. The van der Waals surface area contributed by atoms with E-state index in [9.17, 15) is 4.79 Å². The van der Waals surface area contributed by atoms with Crippen molar-refractivity contribution in [3.63, 3.8) is 0 Å². The van der Waals surface area contributed by atoms with Gasteiger partial charge >= 0.3 is 0 Å². The molecule has 0 bridgehead atoms. The van der Waals surface area contributed by atoms with Crippen LogP contribution >= 0.6 is 11.3 Å². The highest BCUT2D eigenvalue weighted by Crippen LogP contribution is 2.34. The second-order valence-electron chi connectivity index (χ2n) is 6.48. The molecule has 0 aliphatic carbocycles. The molecule has 0 radical (unpaired) electrons. The van der Waals surface area contributed by atoms with Crippen LogP contribution in [0.5, 0.6) is 11.5 Å². The molecule has 3 N–H and O–H groups in total. The minimum atomic E-state index is -0.234. The number of nitrogen functional groups attached to an aromatic ring is 1. The van der Waals surface area contributed by atoms with E-state index in [1.54, 1.807) is 6.20 Å². The van der Waals surface area contributed by atoms with Gasteiger partial charge in [-0.15, -0.1) is 11.3 Å². The zero-order chi connectivity index (χ0) is 19.8. The normalized spacial score (nSPS) is 12.3. The number of amides is 1. The van der Waals surface area contributed by atoms with Gasteiger partial charge in [0, 0.05) is 18.1 Å². The lowest BCUT2D eigenvalue weighted by atomic mass is 10.2. The number of hydrogen-bond acceptors (Lipinski definition) is 7. The molecular formula is C21H16N4O3S. The Labute approximate surface area is 170 Å². The minimum Gasteiger partial charge on any atom is -0.454 e. The summed E-state index contributed by atoms with van der Waals surface area (Å²) in [6.07, 6.45) is 1.72. The Morgan fingerprint density at radius 3 is 2.86 bits per heavy atom. The second-order valence-corrected chi connectivity index (χ2v) is 7.48. The number of anilines is 1. The fourth-order valence-electron chi connectivity index (χ4n) is 3.14. The number of pyridine rings is 2. The molecule has 0 unspecified atom stereocenters. The van der Waals surface area contributed by atoms with Crippen molar-refractivity contribution in [2.75, 3.05) is 12.5 Å². The summed E-state index contributed by atoms with van der Waals surface area (Å²) in [7, 11) is 0. The van der Waals surface area contributed by atoms with Crippen LogP contribution in [-0.4, -0.2) is 22.7 Å². The molecule has 0 atom stereocenters. The fourth-order valence-corrected chi connectivity index (χ4v) is 4.15. The van der Waals surface area contributed by atoms with Crippen molar-refractivity contribution in [2.24, 2.45) is 0 Å². The van der Waals surface area contributed by atoms with Crippen LogP contribution in [0.4, 0.5) is 5.69 Å². The number of carbonyl (C=O) groups is 1. The number of nitrogens with one attached hydrogen (secondary N) is 1. The van der Waals surface area contributed by atoms with Crippen LogP contribution in [-0.2, 0) is 6.54 Å². The standard InChI is InChI=1S/C21H16N4O3S/c22-18-13-5-6-15(14-3-1-2-8-23-14)25-21(13)29-19(18)20(26)24-10-12-4-7-16-17(9-12)28-11-27-16/h1-9H,10-11,22H2,(H,24,26). The average molecular weight is 404 g/mol. The van der Waals surface area contributed by atoms with Crippen molar-refractivity contribution in [3.05, 3.63) is 65.2 Å². The number of thiophene rings is 1. The van der Waals surface area contributed by atoms with Gasteiger partial charge in [0.2, 0.25) is 6.79 Å². The van der Waals surface area contributed by atoms with Crippen LogP contribution in [0.15, 0.2) is 54.7 Å². The van der Waals surface area contributed by atoms with Gasteiger partial charge in [0.15, 0.2) is 11.5 Å². The highest BCUT2D eigenvalue weighted by molar-refractivity contribution is 7.21. The van der Waals surface area contributed by atoms with Gasteiger partial charge in [0.05, 0.1) is 17.1 Å². The summed E-state index contributed by atoms with van der Waals surface area (Å²) in [6, 6.07) is 15.0. The molecule has 4 heterocycles. The first-order valence-electron chi connectivity index (χ1n) is 8.96. The number of benzene rings is 1. The van der Waals surface area contributed by atoms with Crippen LogP contribution in [0.25, 0.3) is 21.6 Å². The van der Waals surface area contributed by atoms with Gasteiger partial charge in [-0.3, -0.25) is 9.78 Å². The zero-order valence-electron chi connectivity index (χ0n) is 15.2. The van der Waals surface area contributed by atoms with E-state index in [2.05, 4.69) is 15.3 Å². The molecule has 5 rings (SSSR count). The number of nitrogens with two attached hydrogens (primary N) is 1. The number of nitrogens with zero attached hydrogens (tertiary/aromatic N) is 2. The average Bonchev–Trinajstić information content (AvgIpc) is 3.36. The fraction of sp³-hybridized carbons (Fsp3) is 0.0952. The molecule has 1 aliphatic rings. The molecule has 1 amide bonds. The number of rotatable bonds is 4. The zero-order valence-corrected chi connectivity index (χ0v) is 16.0. The molecule has 0 saturated carbocycles. The van der Waals surface area contributed by atoms with Gasteiger partial charge in [-0.2, -0.15) is 0 Å². The van der Waals surface area contributed by atoms with Crippen molar-refractivity contribution in [2.45, 2.75) is 6.54 Å². The van der Waals surface area contributed by atoms with E-state index in [0.717, 1.165) is 22.3 Å². The van der Waals surface area contributed by atoms with Crippen molar-refractivity contribution >= 4 is 33.1 Å². The molecule has 3 aromatic heterocycles. The van der Waals surface area contributed by atoms with E-state index in [-0.39, 0.29) is 12.7 Å². The van der Waals surface area contributed by atoms with E-state index in [0.29, 0.717) is 33.4 Å². The van der Waals surface area contributed by atoms with Gasteiger partial charge in [-0.25, -0.2) is 4.98 Å². The second kappa shape index (κ2) is 7.06. The first-order chi connectivity index (χ1) is 14.2. The molecule has 8 heteroatoms. The van der Waals surface area contributed by atoms with E-state index >= 15 is 0 Å². The van der Waals surface area contributed by atoms with E-state index in [1.807, 2.05) is 48.5 Å². The number of carbonyl (C=O) groups excluding carboxylic acids is 1. The van der Waals surface area contributed by atoms with Gasteiger partial charge in [-0.05, 0) is 42.0 Å². The first-order valence-corrected chi connectivity index (χ1v) is 9.78. The summed E-state index contributed by atoms with van der Waals surface area (Å²) in [5.74, 6) is 1.16. The van der Waals surface area contributed by atoms with Crippen molar-refractivity contribution in [1.82, 2.24) is 15.3 Å². The van der Waals surface area contributed by atoms with Gasteiger partial charge in [-0.1, -0.05) is 12.1 Å². The summed E-state index contributed by atoms with van der Waals surface area (Å²) in [6.45, 7) is 0.576. The lowest BCUT2D eigenvalue weighted by Gasteiger charge is -2.05. The van der Waals surface area contributed by atoms with E-state index in [1.165, 1.54) is 11.3 Å². The smallest absolute Gasteiger partial charge is 0.263 e. The van der Waals surface area contributed by atoms with Crippen molar-refractivity contribution in [3.8, 4) is 22.9 Å². The Bertz CT molecular complexity index is 1220. The first kappa shape index (κ1) is 17.4. The third kappa shape index (κ3) is 3.23. The largest absolute Gasteiger partial charge is 0.454 e. The molecular weight excluding hydrogens is 388 g/mol. The summed E-state index contributed by atoms with van der Waals surface area (Å²) < 4.78 is 10.7. The van der Waals surface area contributed by atoms with Crippen LogP contribution in [0.3, 0.4) is 0 Å². The van der Waals surface area contributed by atoms with Crippen LogP contribution < -0.4 is 20.5 Å². The molecule has 4 aromatic rings. The lowest BCUT2D eigenvalue weighted by Crippen LogP contribution is -2.22. The molecule has 1 aliphatic heterocycles. The molecule has 0 fully saturated rings. The SMILES string of the molecule is Nc1c(C(=O)NCc2ccc3c(c2)OCO3)sc2nc(-c3ccccn3)ccc12. The monoisotopic (exact) mass is 404 g/mol. The van der Waals surface area contributed by atoms with Crippen molar-refractivity contribution in [1.29, 1.82) is 0 Å². The Hall–Kier alpha value is -3.65. The number of hydrogen-bond donors (Lipinski definition) is 2. The molecule has 1 aromatic carbocycles. The summed E-state index contributed by atoms with van der Waals surface area (Å²) in [5.41, 5.74) is 9.10. The number of aromatic nitrogens is 2. The third-order valence-electron chi connectivity index (χ3n) is 4.62. The molecule has 29 heavy (non-hydrogen) atoms. The number of ether oxygens (including phenoxy) is 2. The van der Waals surface area contributed by atoms with Gasteiger partial charge in [0.25, 0.3) is 5.91 Å². The Morgan fingerprint density at radius 1 is 1.10 bits per heavy atom. The van der Waals surface area contributed by atoms with Gasteiger partial charge in [0.1, 0.15) is 9.71 Å². The molecule has 0 spiro atoms. The maximum Gasteiger partial charge on any atom is 0.263 e. The third-order valence-corrected chi connectivity index (χ3v) is 5.73. The highest BCUT2D eigenvalue weighted by atomic mass is 32.1. The topological polar surface area (TPSA) is 99.4 Å². The summed E-state index contributed by atoms with van der Waals surface area (Å²) in [4.78, 5) is 22.8. The Kier molecular flexibility index (Phi) is 4.25. The summed E-state index contributed by atoms with van der Waals surface area (Å²) in [5, 5.41) is 3.68. The molecule has 144 valence electrons. The van der Waals surface area contributed by atoms with Crippen LogP contribution in [0.1, 0.15) is 15.2 Å². The Balaban J connectivity index is 1.38. The van der Waals surface area contributed by atoms with Crippen LogP contribution in [0.2, 0.25) is 0 Å². The van der Waals surface area contributed by atoms with Crippen LogP contribution in [0, 0.1) is 0 Å².